The second-order valence-electron chi connectivity index (χ2n) is 5.86. The number of hydrogen-bond donors (Lipinski definition) is 0. The Morgan fingerprint density at radius 2 is 0.808 bits per heavy atom. The highest BCUT2D eigenvalue weighted by Gasteiger charge is 2.31. The average Bonchev–Trinajstić information content (AvgIpc) is 2.70. The fourth-order valence-electron chi connectivity index (χ4n) is 2.92. The van der Waals surface area contributed by atoms with E-state index in [0.717, 1.165) is 22.3 Å². The minimum Gasteiger partial charge on any atom is -0.203 e. The molecule has 0 aliphatic rings. The molecule has 126 valence electrons. The van der Waals surface area contributed by atoms with Gasteiger partial charge in [-0.25, -0.2) is 4.42 Å². The molecule has 0 bridgehead atoms. The number of halogens is 2. The van der Waals surface area contributed by atoms with E-state index in [2.05, 4.69) is 0 Å². The Labute approximate surface area is 162 Å². The van der Waals surface area contributed by atoms with Crippen LogP contribution in [0.15, 0.2) is 95.4 Å². The van der Waals surface area contributed by atoms with E-state index in [4.69, 9.17) is 27.6 Å². The molecule has 0 saturated carbocycles. The van der Waals surface area contributed by atoms with Crippen LogP contribution in [0.3, 0.4) is 0 Å². The smallest absolute Gasteiger partial charge is 0.203 e. The zero-order valence-corrected chi connectivity index (χ0v) is 15.3. The minimum absolute atomic E-state index is 0.507. The van der Waals surface area contributed by atoms with Gasteiger partial charge in [-0.3, -0.25) is 0 Å². The third-order valence-electron chi connectivity index (χ3n) is 4.18. The Balaban J connectivity index is 2.05. The van der Waals surface area contributed by atoms with Crippen LogP contribution in [0.1, 0.15) is 0 Å². The van der Waals surface area contributed by atoms with E-state index in [0.29, 0.717) is 21.6 Å². The summed E-state index contributed by atoms with van der Waals surface area (Å²) in [6.45, 7) is 0. The first-order valence-corrected chi connectivity index (χ1v) is 9.02. The largest absolute Gasteiger partial charge is 0.379 e. The lowest BCUT2D eigenvalue weighted by molar-refractivity contribution is 0.583. The van der Waals surface area contributed by atoms with Crippen molar-refractivity contribution in [3.05, 3.63) is 101 Å². The maximum Gasteiger partial charge on any atom is 0.379 e. The SMILES string of the molecule is Clc1c(-c2ccccc2)[o+]c(-c2ccccc2)c(Cl)c1-c1ccccc1. The number of benzene rings is 3. The van der Waals surface area contributed by atoms with Crippen molar-refractivity contribution in [2.45, 2.75) is 0 Å². The van der Waals surface area contributed by atoms with Crippen molar-refractivity contribution in [1.29, 1.82) is 0 Å². The van der Waals surface area contributed by atoms with Gasteiger partial charge in [-0.2, -0.15) is 0 Å². The summed E-state index contributed by atoms with van der Waals surface area (Å²) in [6.07, 6.45) is 0. The van der Waals surface area contributed by atoms with Crippen molar-refractivity contribution in [3.8, 4) is 33.8 Å². The molecule has 0 spiro atoms. The molecule has 1 nitrogen and oxygen atoms in total. The maximum absolute atomic E-state index is 6.76. The van der Waals surface area contributed by atoms with E-state index in [-0.39, 0.29) is 0 Å². The zero-order chi connectivity index (χ0) is 17.9. The van der Waals surface area contributed by atoms with E-state index in [1.165, 1.54) is 0 Å². The van der Waals surface area contributed by atoms with Crippen LogP contribution < -0.4 is 0 Å². The fraction of sp³-hybridized carbons (Fsp3) is 0. The zero-order valence-electron chi connectivity index (χ0n) is 13.8. The van der Waals surface area contributed by atoms with Gasteiger partial charge < -0.3 is 0 Å². The molecule has 0 aliphatic heterocycles. The molecule has 0 amide bonds. The van der Waals surface area contributed by atoms with Gasteiger partial charge in [0.2, 0.25) is 0 Å². The van der Waals surface area contributed by atoms with Crippen molar-refractivity contribution in [2.75, 3.05) is 0 Å². The van der Waals surface area contributed by atoms with Crippen LogP contribution in [0, 0.1) is 0 Å². The molecule has 0 N–H and O–H groups in total. The summed E-state index contributed by atoms with van der Waals surface area (Å²) in [5, 5.41) is 1.01. The highest BCUT2D eigenvalue weighted by atomic mass is 35.5. The lowest BCUT2D eigenvalue weighted by Crippen LogP contribution is -1.91. The molecular weight excluding hydrogens is 363 g/mol. The standard InChI is InChI=1S/C23H15Cl2O/c24-20-19(16-10-4-1-5-11-16)21(25)23(18-14-8-3-9-15-18)26-22(20)17-12-6-2-7-13-17/h1-15H/q+1. The summed E-state index contributed by atoms with van der Waals surface area (Å²) >= 11 is 13.5. The molecule has 0 aliphatic carbocycles. The first kappa shape index (κ1) is 16.8. The molecule has 0 unspecified atom stereocenters. The van der Waals surface area contributed by atoms with Crippen LogP contribution in [0.2, 0.25) is 10.0 Å². The van der Waals surface area contributed by atoms with Gasteiger partial charge in [-0.05, 0) is 29.8 Å². The van der Waals surface area contributed by atoms with Crippen LogP contribution in [0.25, 0.3) is 33.8 Å². The first-order chi connectivity index (χ1) is 12.8. The van der Waals surface area contributed by atoms with Crippen LogP contribution in [-0.4, -0.2) is 0 Å². The van der Waals surface area contributed by atoms with Crippen LogP contribution >= 0.6 is 23.2 Å². The molecule has 4 aromatic rings. The molecule has 1 aromatic heterocycles. The summed E-state index contributed by atoms with van der Waals surface area (Å²) in [5.41, 5.74) is 3.54. The minimum atomic E-state index is 0.507. The molecule has 3 heteroatoms. The number of hydrogen-bond acceptors (Lipinski definition) is 0. The monoisotopic (exact) mass is 377 g/mol. The Kier molecular flexibility index (Phi) is 4.75. The summed E-state index contributed by atoms with van der Waals surface area (Å²) in [6, 6.07) is 29.6. The summed E-state index contributed by atoms with van der Waals surface area (Å²) in [7, 11) is 0. The topological polar surface area (TPSA) is 11.3 Å². The Morgan fingerprint density at radius 3 is 1.19 bits per heavy atom. The van der Waals surface area contributed by atoms with E-state index in [1.54, 1.807) is 0 Å². The van der Waals surface area contributed by atoms with Crippen molar-refractivity contribution in [2.24, 2.45) is 0 Å². The predicted molar refractivity (Wildman–Crippen MR) is 109 cm³/mol. The molecule has 26 heavy (non-hydrogen) atoms. The Bertz CT molecular complexity index is 966. The van der Waals surface area contributed by atoms with Crippen molar-refractivity contribution in [3.63, 3.8) is 0 Å². The summed E-state index contributed by atoms with van der Waals surface area (Å²) in [4.78, 5) is 0. The van der Waals surface area contributed by atoms with Crippen molar-refractivity contribution < 1.29 is 4.42 Å². The van der Waals surface area contributed by atoms with Gasteiger partial charge in [-0.1, -0.05) is 89.9 Å². The van der Waals surface area contributed by atoms with Gasteiger partial charge in [0.05, 0.1) is 11.1 Å². The third-order valence-corrected chi connectivity index (χ3v) is 4.90. The van der Waals surface area contributed by atoms with Crippen LogP contribution in [0.5, 0.6) is 0 Å². The molecule has 3 aromatic carbocycles. The second kappa shape index (κ2) is 7.33. The van der Waals surface area contributed by atoms with Gasteiger partial charge in [0, 0.05) is 5.56 Å². The summed E-state index contributed by atoms with van der Waals surface area (Å²) < 4.78 is 6.21. The maximum atomic E-state index is 6.76. The van der Waals surface area contributed by atoms with Crippen molar-refractivity contribution >= 4 is 23.2 Å². The fourth-order valence-corrected chi connectivity index (χ4v) is 3.67. The third kappa shape index (κ3) is 3.12. The van der Waals surface area contributed by atoms with Gasteiger partial charge in [-0.15, -0.1) is 0 Å². The lowest BCUT2D eigenvalue weighted by atomic mass is 10.0. The Hall–Kier alpha value is -2.61. The predicted octanol–water partition coefficient (Wildman–Crippen LogP) is 7.87. The van der Waals surface area contributed by atoms with E-state index in [9.17, 15) is 0 Å². The summed E-state index contributed by atoms with van der Waals surface area (Å²) in [5.74, 6) is 1.21. The van der Waals surface area contributed by atoms with Crippen molar-refractivity contribution in [1.82, 2.24) is 0 Å². The molecule has 0 atom stereocenters. The Morgan fingerprint density at radius 1 is 0.462 bits per heavy atom. The highest BCUT2D eigenvalue weighted by molar-refractivity contribution is 6.41. The number of rotatable bonds is 3. The van der Waals surface area contributed by atoms with Crippen LogP contribution in [0.4, 0.5) is 0 Å². The van der Waals surface area contributed by atoms with Gasteiger partial charge in [0.1, 0.15) is 0 Å². The molecule has 1 heterocycles. The second-order valence-corrected chi connectivity index (χ2v) is 6.62. The molecular formula is C23H15Cl2O+. The normalized spacial score (nSPS) is 10.7. The molecule has 0 radical (unpaired) electrons. The average molecular weight is 378 g/mol. The lowest BCUT2D eigenvalue weighted by Gasteiger charge is -2.08. The first-order valence-electron chi connectivity index (χ1n) is 8.27. The molecule has 4 rings (SSSR count). The quantitative estimate of drug-likeness (QED) is 0.330. The van der Waals surface area contributed by atoms with Gasteiger partial charge in [0.15, 0.2) is 10.0 Å². The van der Waals surface area contributed by atoms with Gasteiger partial charge >= 0.3 is 11.5 Å². The van der Waals surface area contributed by atoms with Crippen LogP contribution in [-0.2, 0) is 0 Å². The van der Waals surface area contributed by atoms with E-state index in [1.807, 2.05) is 91.0 Å². The molecule has 0 fully saturated rings. The van der Waals surface area contributed by atoms with E-state index >= 15 is 0 Å². The highest BCUT2D eigenvalue weighted by Crippen LogP contribution is 2.46. The molecule has 0 saturated heterocycles. The van der Waals surface area contributed by atoms with E-state index < -0.39 is 0 Å². The van der Waals surface area contributed by atoms with Gasteiger partial charge in [0.25, 0.3) is 0 Å².